The molecule has 4 heteroatoms. The van der Waals surface area contributed by atoms with Gasteiger partial charge in [0.05, 0.1) is 21.3 Å². The Bertz CT molecular complexity index is 569. The molecule has 0 heterocycles. The van der Waals surface area contributed by atoms with Gasteiger partial charge in [0.15, 0.2) is 0 Å². The predicted octanol–water partition coefficient (Wildman–Crippen LogP) is 5.50. The van der Waals surface area contributed by atoms with E-state index in [4.69, 9.17) is 16.3 Å². The Morgan fingerprint density at radius 1 is 1.15 bits per heavy atom. The summed E-state index contributed by atoms with van der Waals surface area (Å²) in [5.41, 5.74) is 2.17. The van der Waals surface area contributed by atoms with Gasteiger partial charge in [0.2, 0.25) is 0 Å². The molecule has 106 valence electrons. The number of ether oxygens (including phenoxy) is 1. The van der Waals surface area contributed by atoms with Gasteiger partial charge >= 0.3 is 0 Å². The third kappa shape index (κ3) is 4.15. The average molecular weight is 355 g/mol. The maximum atomic E-state index is 6.06. The zero-order chi connectivity index (χ0) is 14.5. The van der Waals surface area contributed by atoms with Crippen LogP contribution in [0.2, 0.25) is 5.02 Å². The molecule has 0 fully saturated rings. The first kappa shape index (κ1) is 15.2. The SMILES string of the molecule is CC(C)Oc1ccc(CNc2cccc(Cl)c2Br)cc1. The highest BCUT2D eigenvalue weighted by Gasteiger charge is 2.03. The number of benzene rings is 2. The Morgan fingerprint density at radius 3 is 2.50 bits per heavy atom. The van der Waals surface area contributed by atoms with E-state index in [0.29, 0.717) is 5.02 Å². The van der Waals surface area contributed by atoms with E-state index in [-0.39, 0.29) is 6.10 Å². The van der Waals surface area contributed by atoms with E-state index < -0.39 is 0 Å². The average Bonchev–Trinajstić information content (AvgIpc) is 2.41. The lowest BCUT2D eigenvalue weighted by Crippen LogP contribution is -2.05. The maximum absolute atomic E-state index is 6.06. The summed E-state index contributed by atoms with van der Waals surface area (Å²) in [6.07, 6.45) is 0.196. The Labute approximate surface area is 133 Å². The molecule has 2 nitrogen and oxygen atoms in total. The quantitative estimate of drug-likeness (QED) is 0.765. The highest BCUT2D eigenvalue weighted by atomic mass is 79.9. The van der Waals surface area contributed by atoms with Gasteiger partial charge in [0.25, 0.3) is 0 Å². The minimum atomic E-state index is 0.196. The van der Waals surface area contributed by atoms with Gasteiger partial charge < -0.3 is 10.1 Å². The summed E-state index contributed by atoms with van der Waals surface area (Å²) in [7, 11) is 0. The van der Waals surface area contributed by atoms with Crippen LogP contribution in [-0.4, -0.2) is 6.10 Å². The molecule has 0 aromatic heterocycles. The summed E-state index contributed by atoms with van der Waals surface area (Å²) < 4.78 is 6.51. The molecule has 0 bridgehead atoms. The van der Waals surface area contributed by atoms with Crippen LogP contribution in [0.1, 0.15) is 19.4 Å². The van der Waals surface area contributed by atoms with Crippen molar-refractivity contribution in [3.63, 3.8) is 0 Å². The van der Waals surface area contributed by atoms with Crippen molar-refractivity contribution in [1.29, 1.82) is 0 Å². The maximum Gasteiger partial charge on any atom is 0.119 e. The van der Waals surface area contributed by atoms with Gasteiger partial charge in [0, 0.05) is 6.54 Å². The van der Waals surface area contributed by atoms with E-state index in [9.17, 15) is 0 Å². The van der Waals surface area contributed by atoms with E-state index in [2.05, 4.69) is 33.4 Å². The molecule has 0 aliphatic carbocycles. The van der Waals surface area contributed by atoms with Crippen molar-refractivity contribution < 1.29 is 4.74 Å². The molecule has 2 rings (SSSR count). The van der Waals surface area contributed by atoms with E-state index in [1.165, 1.54) is 5.56 Å². The molecule has 0 atom stereocenters. The Morgan fingerprint density at radius 2 is 1.85 bits per heavy atom. The minimum absolute atomic E-state index is 0.196. The zero-order valence-corrected chi connectivity index (χ0v) is 13.8. The van der Waals surface area contributed by atoms with Crippen LogP contribution in [0.5, 0.6) is 5.75 Å². The first-order chi connectivity index (χ1) is 9.56. The molecular weight excluding hydrogens is 338 g/mol. The van der Waals surface area contributed by atoms with E-state index >= 15 is 0 Å². The summed E-state index contributed by atoms with van der Waals surface area (Å²) in [5, 5.41) is 4.06. The minimum Gasteiger partial charge on any atom is -0.491 e. The lowest BCUT2D eigenvalue weighted by Gasteiger charge is -2.12. The smallest absolute Gasteiger partial charge is 0.119 e. The van der Waals surface area contributed by atoms with Crippen molar-refractivity contribution >= 4 is 33.2 Å². The number of anilines is 1. The highest BCUT2D eigenvalue weighted by Crippen LogP contribution is 2.30. The summed E-state index contributed by atoms with van der Waals surface area (Å²) >= 11 is 9.54. The van der Waals surface area contributed by atoms with Crippen molar-refractivity contribution in [3.05, 3.63) is 57.5 Å². The molecule has 0 amide bonds. The van der Waals surface area contributed by atoms with Crippen LogP contribution in [0.25, 0.3) is 0 Å². The molecular formula is C16H17BrClNO. The van der Waals surface area contributed by atoms with Crippen LogP contribution in [0.3, 0.4) is 0 Å². The molecule has 0 radical (unpaired) electrons. The molecule has 0 aliphatic rings. The van der Waals surface area contributed by atoms with E-state index in [1.807, 2.05) is 44.2 Å². The Hall–Kier alpha value is -1.19. The Balaban J connectivity index is 1.99. The largest absolute Gasteiger partial charge is 0.491 e. The molecule has 0 saturated heterocycles. The Kier molecular flexibility index (Phi) is 5.32. The molecule has 20 heavy (non-hydrogen) atoms. The van der Waals surface area contributed by atoms with Crippen molar-refractivity contribution in [3.8, 4) is 5.75 Å². The first-order valence-electron chi connectivity index (χ1n) is 6.49. The fourth-order valence-electron chi connectivity index (χ4n) is 1.80. The topological polar surface area (TPSA) is 21.3 Å². The number of rotatable bonds is 5. The van der Waals surface area contributed by atoms with Crippen LogP contribution in [0, 0.1) is 0 Å². The first-order valence-corrected chi connectivity index (χ1v) is 7.67. The lowest BCUT2D eigenvalue weighted by molar-refractivity contribution is 0.242. The summed E-state index contributed by atoms with van der Waals surface area (Å²) in [4.78, 5) is 0. The van der Waals surface area contributed by atoms with Crippen LogP contribution in [0.15, 0.2) is 46.9 Å². The molecule has 0 unspecified atom stereocenters. The van der Waals surface area contributed by atoms with Gasteiger partial charge in [-0.15, -0.1) is 0 Å². The summed E-state index contributed by atoms with van der Waals surface area (Å²) in [6, 6.07) is 13.9. The van der Waals surface area contributed by atoms with Gasteiger partial charge in [-0.3, -0.25) is 0 Å². The van der Waals surface area contributed by atoms with Crippen LogP contribution >= 0.6 is 27.5 Å². The molecule has 0 aliphatic heterocycles. The van der Waals surface area contributed by atoms with Crippen LogP contribution < -0.4 is 10.1 Å². The molecule has 2 aromatic rings. The van der Waals surface area contributed by atoms with Gasteiger partial charge in [-0.1, -0.05) is 29.8 Å². The third-order valence-corrected chi connectivity index (χ3v) is 4.13. The van der Waals surface area contributed by atoms with Gasteiger partial charge in [-0.05, 0) is 59.6 Å². The van der Waals surface area contributed by atoms with Gasteiger partial charge in [-0.2, -0.15) is 0 Å². The zero-order valence-electron chi connectivity index (χ0n) is 11.5. The second kappa shape index (κ2) is 7.00. The van der Waals surface area contributed by atoms with E-state index in [1.54, 1.807) is 0 Å². The monoisotopic (exact) mass is 353 g/mol. The normalized spacial score (nSPS) is 10.7. The molecule has 2 aromatic carbocycles. The number of halogens is 2. The fourth-order valence-corrected chi connectivity index (χ4v) is 2.37. The van der Waals surface area contributed by atoms with Crippen LogP contribution in [0.4, 0.5) is 5.69 Å². The molecule has 1 N–H and O–H groups in total. The molecule has 0 spiro atoms. The van der Waals surface area contributed by atoms with Crippen molar-refractivity contribution in [2.24, 2.45) is 0 Å². The second-order valence-electron chi connectivity index (χ2n) is 4.77. The summed E-state index contributed by atoms with van der Waals surface area (Å²) in [6.45, 7) is 4.78. The van der Waals surface area contributed by atoms with Crippen molar-refractivity contribution in [2.75, 3.05) is 5.32 Å². The fraction of sp³-hybridized carbons (Fsp3) is 0.250. The predicted molar refractivity (Wildman–Crippen MR) is 88.7 cm³/mol. The summed E-state index contributed by atoms with van der Waals surface area (Å²) in [5.74, 6) is 0.896. The standard InChI is InChI=1S/C16H17BrClNO/c1-11(2)20-13-8-6-12(7-9-13)10-19-15-5-3-4-14(18)16(15)17/h3-9,11,19H,10H2,1-2H3. The van der Waals surface area contributed by atoms with Crippen LogP contribution in [-0.2, 0) is 6.54 Å². The van der Waals surface area contributed by atoms with Crippen molar-refractivity contribution in [2.45, 2.75) is 26.5 Å². The van der Waals surface area contributed by atoms with Gasteiger partial charge in [-0.25, -0.2) is 0 Å². The highest BCUT2D eigenvalue weighted by molar-refractivity contribution is 9.10. The second-order valence-corrected chi connectivity index (χ2v) is 5.97. The van der Waals surface area contributed by atoms with Crippen molar-refractivity contribution in [1.82, 2.24) is 0 Å². The number of hydrogen-bond donors (Lipinski definition) is 1. The third-order valence-electron chi connectivity index (χ3n) is 2.73. The van der Waals surface area contributed by atoms with E-state index in [0.717, 1.165) is 22.5 Å². The lowest BCUT2D eigenvalue weighted by atomic mass is 10.2. The number of hydrogen-bond acceptors (Lipinski definition) is 2. The number of nitrogens with one attached hydrogen (secondary N) is 1. The van der Waals surface area contributed by atoms with Gasteiger partial charge in [0.1, 0.15) is 5.75 Å². The molecule has 0 saturated carbocycles.